The molecule has 0 bridgehead atoms. The first-order chi connectivity index (χ1) is 8.42. The molecule has 0 aliphatic heterocycles. The van der Waals surface area contributed by atoms with Crippen LogP contribution in [0, 0.1) is 0 Å². The maximum absolute atomic E-state index is 12.5. The lowest BCUT2D eigenvalue weighted by Gasteiger charge is -2.27. The topological polar surface area (TPSA) is 25.2 Å². The minimum atomic E-state index is 0.100. The van der Waals surface area contributed by atoms with Crippen LogP contribution in [0.5, 0.6) is 0 Å². The van der Waals surface area contributed by atoms with Crippen LogP contribution in [0.1, 0.15) is 57.1 Å². The average Bonchev–Trinajstić information content (AvgIpc) is 2.72. The van der Waals surface area contributed by atoms with Crippen LogP contribution in [0.25, 0.3) is 0 Å². The summed E-state index contributed by atoms with van der Waals surface area (Å²) in [5, 5.41) is 0. The van der Waals surface area contributed by atoms with E-state index in [1.54, 1.807) is 0 Å². The zero-order valence-electron chi connectivity index (χ0n) is 11.9. The lowest BCUT2D eigenvalue weighted by atomic mass is 10.1. The van der Waals surface area contributed by atoms with E-state index in [0.29, 0.717) is 6.04 Å². The molecule has 1 aromatic heterocycles. The Kier molecular flexibility index (Phi) is 5.45. The monoisotopic (exact) mass is 314 g/mol. The predicted octanol–water partition coefficient (Wildman–Crippen LogP) is 4.09. The molecule has 0 saturated carbocycles. The SMILES string of the molecule is CCC(CC)N(C)C(=O)c1cc(Br)cn1C(C)C. The summed E-state index contributed by atoms with van der Waals surface area (Å²) >= 11 is 3.45. The number of hydrogen-bond acceptors (Lipinski definition) is 1. The number of rotatable bonds is 5. The molecule has 18 heavy (non-hydrogen) atoms. The normalized spacial score (nSPS) is 11.3. The molecular weight excluding hydrogens is 292 g/mol. The van der Waals surface area contributed by atoms with Gasteiger partial charge in [0.25, 0.3) is 5.91 Å². The van der Waals surface area contributed by atoms with E-state index in [1.807, 2.05) is 28.8 Å². The van der Waals surface area contributed by atoms with E-state index in [9.17, 15) is 4.79 Å². The number of amides is 1. The van der Waals surface area contributed by atoms with Gasteiger partial charge in [0.1, 0.15) is 5.69 Å². The molecule has 0 unspecified atom stereocenters. The van der Waals surface area contributed by atoms with Crippen molar-refractivity contribution in [1.82, 2.24) is 9.47 Å². The van der Waals surface area contributed by atoms with Crippen molar-refractivity contribution in [2.45, 2.75) is 52.6 Å². The molecule has 4 heteroatoms. The maximum atomic E-state index is 12.5. The van der Waals surface area contributed by atoms with Gasteiger partial charge in [0.15, 0.2) is 0 Å². The summed E-state index contributed by atoms with van der Waals surface area (Å²) in [5.74, 6) is 0.100. The molecule has 1 rings (SSSR count). The van der Waals surface area contributed by atoms with E-state index in [0.717, 1.165) is 23.0 Å². The molecule has 0 radical (unpaired) electrons. The van der Waals surface area contributed by atoms with Crippen LogP contribution in [0.15, 0.2) is 16.7 Å². The van der Waals surface area contributed by atoms with Crippen LogP contribution < -0.4 is 0 Å². The van der Waals surface area contributed by atoms with Crippen LogP contribution in [-0.2, 0) is 0 Å². The molecule has 0 aliphatic rings. The number of nitrogens with zero attached hydrogens (tertiary/aromatic N) is 2. The van der Waals surface area contributed by atoms with Gasteiger partial charge in [-0.1, -0.05) is 13.8 Å². The zero-order chi connectivity index (χ0) is 13.9. The minimum Gasteiger partial charge on any atom is -0.340 e. The molecule has 0 fully saturated rings. The third-order valence-corrected chi connectivity index (χ3v) is 3.83. The van der Waals surface area contributed by atoms with Crippen molar-refractivity contribution < 1.29 is 4.79 Å². The van der Waals surface area contributed by atoms with E-state index in [2.05, 4.69) is 43.6 Å². The van der Waals surface area contributed by atoms with Gasteiger partial charge in [0, 0.05) is 29.8 Å². The number of carbonyl (C=O) groups excluding carboxylic acids is 1. The Morgan fingerprint density at radius 3 is 2.39 bits per heavy atom. The second kappa shape index (κ2) is 6.41. The summed E-state index contributed by atoms with van der Waals surface area (Å²) in [6.07, 6.45) is 3.95. The molecule has 1 aromatic rings. The Morgan fingerprint density at radius 1 is 1.39 bits per heavy atom. The molecule has 0 aliphatic carbocycles. The minimum absolute atomic E-state index is 0.100. The van der Waals surface area contributed by atoms with Gasteiger partial charge in [0.05, 0.1) is 0 Å². The molecule has 0 atom stereocenters. The zero-order valence-corrected chi connectivity index (χ0v) is 13.5. The van der Waals surface area contributed by atoms with Gasteiger partial charge < -0.3 is 9.47 Å². The number of aromatic nitrogens is 1. The molecular formula is C14H23BrN2O. The van der Waals surface area contributed by atoms with Crippen molar-refractivity contribution in [3.8, 4) is 0 Å². The van der Waals surface area contributed by atoms with Gasteiger partial charge in [-0.05, 0) is 48.7 Å². The van der Waals surface area contributed by atoms with Crippen molar-refractivity contribution in [1.29, 1.82) is 0 Å². The molecule has 1 amide bonds. The first-order valence-corrected chi connectivity index (χ1v) is 7.36. The summed E-state index contributed by atoms with van der Waals surface area (Å²) in [5.41, 5.74) is 0.756. The van der Waals surface area contributed by atoms with Gasteiger partial charge in [0.2, 0.25) is 0 Å². The van der Waals surface area contributed by atoms with Crippen LogP contribution in [0.2, 0.25) is 0 Å². The van der Waals surface area contributed by atoms with Gasteiger partial charge in [-0.3, -0.25) is 4.79 Å². The van der Waals surface area contributed by atoms with E-state index < -0.39 is 0 Å². The van der Waals surface area contributed by atoms with Crippen molar-refractivity contribution in [3.05, 3.63) is 22.4 Å². The lowest BCUT2D eigenvalue weighted by molar-refractivity contribution is 0.0711. The third kappa shape index (κ3) is 3.16. The average molecular weight is 315 g/mol. The number of carbonyl (C=O) groups is 1. The van der Waals surface area contributed by atoms with Crippen LogP contribution >= 0.6 is 15.9 Å². The number of halogens is 1. The standard InChI is InChI=1S/C14H23BrN2O/c1-6-12(7-2)16(5)14(18)13-8-11(15)9-17(13)10(3)4/h8-10,12H,6-7H2,1-5H3. The molecule has 102 valence electrons. The van der Waals surface area contributed by atoms with Crippen LogP contribution in [-0.4, -0.2) is 28.5 Å². The fourth-order valence-electron chi connectivity index (χ4n) is 2.23. The second-order valence-corrected chi connectivity index (χ2v) is 5.85. The van der Waals surface area contributed by atoms with E-state index >= 15 is 0 Å². The Balaban J connectivity index is 3.03. The Hall–Kier alpha value is -0.770. The Labute approximate surface area is 118 Å². The van der Waals surface area contributed by atoms with Crippen LogP contribution in [0.3, 0.4) is 0 Å². The van der Waals surface area contributed by atoms with Gasteiger partial charge >= 0.3 is 0 Å². The highest BCUT2D eigenvalue weighted by Crippen LogP contribution is 2.21. The maximum Gasteiger partial charge on any atom is 0.270 e. The quantitative estimate of drug-likeness (QED) is 0.803. The van der Waals surface area contributed by atoms with E-state index in [4.69, 9.17) is 0 Å². The smallest absolute Gasteiger partial charge is 0.270 e. The summed E-state index contributed by atoms with van der Waals surface area (Å²) in [6.45, 7) is 8.41. The van der Waals surface area contributed by atoms with Gasteiger partial charge in [-0.25, -0.2) is 0 Å². The molecule has 3 nitrogen and oxygen atoms in total. The fourth-order valence-corrected chi connectivity index (χ4v) is 2.66. The van der Waals surface area contributed by atoms with Crippen molar-refractivity contribution >= 4 is 21.8 Å². The van der Waals surface area contributed by atoms with Gasteiger partial charge in [-0.15, -0.1) is 0 Å². The molecule has 0 spiro atoms. The van der Waals surface area contributed by atoms with Crippen molar-refractivity contribution in [2.24, 2.45) is 0 Å². The summed E-state index contributed by atoms with van der Waals surface area (Å²) in [6, 6.07) is 2.50. The van der Waals surface area contributed by atoms with Crippen molar-refractivity contribution in [3.63, 3.8) is 0 Å². The largest absolute Gasteiger partial charge is 0.340 e. The molecule has 1 heterocycles. The third-order valence-electron chi connectivity index (χ3n) is 3.40. The highest BCUT2D eigenvalue weighted by molar-refractivity contribution is 9.10. The molecule has 0 aromatic carbocycles. The van der Waals surface area contributed by atoms with Crippen LogP contribution in [0.4, 0.5) is 0 Å². The predicted molar refractivity (Wildman–Crippen MR) is 79.0 cm³/mol. The van der Waals surface area contributed by atoms with E-state index in [-0.39, 0.29) is 11.9 Å². The highest BCUT2D eigenvalue weighted by Gasteiger charge is 2.22. The Bertz CT molecular complexity index is 408. The number of hydrogen-bond donors (Lipinski definition) is 0. The molecule has 0 saturated heterocycles. The fraction of sp³-hybridized carbons (Fsp3) is 0.643. The first kappa shape index (κ1) is 15.3. The Morgan fingerprint density at radius 2 is 1.94 bits per heavy atom. The van der Waals surface area contributed by atoms with Gasteiger partial charge in [-0.2, -0.15) is 0 Å². The molecule has 0 N–H and O–H groups in total. The lowest BCUT2D eigenvalue weighted by Crippen LogP contribution is -2.37. The van der Waals surface area contributed by atoms with Crippen molar-refractivity contribution in [2.75, 3.05) is 7.05 Å². The summed E-state index contributed by atoms with van der Waals surface area (Å²) < 4.78 is 2.98. The second-order valence-electron chi connectivity index (χ2n) is 4.93. The summed E-state index contributed by atoms with van der Waals surface area (Å²) in [4.78, 5) is 14.4. The highest BCUT2D eigenvalue weighted by atomic mass is 79.9. The van der Waals surface area contributed by atoms with E-state index in [1.165, 1.54) is 0 Å². The summed E-state index contributed by atoms with van der Waals surface area (Å²) in [7, 11) is 1.89. The first-order valence-electron chi connectivity index (χ1n) is 6.56.